The second-order valence-corrected chi connectivity index (χ2v) is 10.5. The van der Waals surface area contributed by atoms with Crippen LogP contribution in [0.15, 0.2) is 53.6 Å². The minimum absolute atomic E-state index is 0.00391. The predicted molar refractivity (Wildman–Crippen MR) is 145 cm³/mol. The Bertz CT molecular complexity index is 1930. The molecule has 0 bridgehead atoms. The van der Waals surface area contributed by atoms with Gasteiger partial charge in [-0.05, 0) is 53.8 Å². The zero-order valence-electron chi connectivity index (χ0n) is 21.1. The van der Waals surface area contributed by atoms with Gasteiger partial charge in [-0.15, -0.1) is 0 Å². The van der Waals surface area contributed by atoms with E-state index in [1.54, 1.807) is 24.4 Å². The third-order valence-electron chi connectivity index (χ3n) is 6.69. The first-order valence-corrected chi connectivity index (χ1v) is 13.6. The van der Waals surface area contributed by atoms with Crippen LogP contribution in [0, 0.1) is 11.3 Å². The largest absolute Gasteiger partial charge is 0.488 e. The number of nitriles is 1. The highest BCUT2D eigenvalue weighted by molar-refractivity contribution is 7.81. The summed E-state index contributed by atoms with van der Waals surface area (Å²) in [6.07, 6.45) is 4.47. The molecule has 0 radical (unpaired) electrons. The van der Waals surface area contributed by atoms with Gasteiger partial charge in [0.2, 0.25) is 0 Å². The molecule has 0 unspecified atom stereocenters. The molecule has 5 rings (SSSR count). The van der Waals surface area contributed by atoms with Crippen LogP contribution in [0.2, 0.25) is 0 Å². The number of fused-ring (bicyclic) bond motifs is 4. The number of unbranched alkanes of at least 4 members (excludes halogenated alkanes) is 1. The maximum absolute atomic E-state index is 13.9. The summed E-state index contributed by atoms with van der Waals surface area (Å²) in [5, 5.41) is 11.2. The number of benzene rings is 2. The van der Waals surface area contributed by atoms with Crippen molar-refractivity contribution in [1.29, 1.82) is 5.26 Å². The van der Waals surface area contributed by atoms with Crippen LogP contribution in [0.1, 0.15) is 50.7 Å². The van der Waals surface area contributed by atoms with Crippen LogP contribution in [0.3, 0.4) is 0 Å². The van der Waals surface area contributed by atoms with Gasteiger partial charge < -0.3 is 13.7 Å². The van der Waals surface area contributed by atoms with E-state index in [1.165, 1.54) is 6.07 Å². The molecule has 1 N–H and O–H groups in total. The number of aromatic nitrogens is 3. The Morgan fingerprint density at radius 2 is 1.95 bits per heavy atom. The van der Waals surface area contributed by atoms with E-state index in [2.05, 4.69) is 31.7 Å². The van der Waals surface area contributed by atoms with Crippen molar-refractivity contribution in [2.45, 2.75) is 46.1 Å². The van der Waals surface area contributed by atoms with Crippen molar-refractivity contribution in [3.8, 4) is 22.9 Å². The van der Waals surface area contributed by atoms with E-state index in [1.807, 2.05) is 26.0 Å². The molecule has 5 aromatic rings. The van der Waals surface area contributed by atoms with Gasteiger partial charge in [-0.1, -0.05) is 37.1 Å². The Morgan fingerprint density at radius 3 is 2.63 bits per heavy atom. The number of H-pyrrole nitrogens is 1. The lowest BCUT2D eigenvalue weighted by atomic mass is 9.91. The summed E-state index contributed by atoms with van der Waals surface area (Å²) in [5.74, 6) is -0.244. The fraction of sp³-hybridized carbons (Fsp3) is 0.250. The maximum Gasteiger partial charge on any atom is 0.488 e. The molecular formula is C28H25FN4O4S. The van der Waals surface area contributed by atoms with E-state index in [9.17, 15) is 22.4 Å². The summed E-state index contributed by atoms with van der Waals surface area (Å²) in [6.45, 7) is 6.72. The zero-order valence-corrected chi connectivity index (χ0v) is 21.9. The first-order chi connectivity index (χ1) is 18.1. The lowest BCUT2D eigenvalue weighted by Gasteiger charge is -2.19. The van der Waals surface area contributed by atoms with Crippen LogP contribution in [0.25, 0.3) is 44.0 Å². The summed E-state index contributed by atoms with van der Waals surface area (Å²) in [7, 11) is -5.21. The van der Waals surface area contributed by atoms with Crippen molar-refractivity contribution >= 4 is 43.3 Å². The van der Waals surface area contributed by atoms with Gasteiger partial charge in [0.1, 0.15) is 5.65 Å². The van der Waals surface area contributed by atoms with Gasteiger partial charge in [-0.3, -0.25) is 9.78 Å². The van der Waals surface area contributed by atoms with E-state index in [0.717, 1.165) is 35.6 Å². The van der Waals surface area contributed by atoms with Gasteiger partial charge in [-0.25, -0.2) is 0 Å². The summed E-state index contributed by atoms with van der Waals surface area (Å²) in [6, 6.07) is 12.6. The number of nitrogens with one attached hydrogen (secondary N) is 1. The molecule has 0 spiro atoms. The maximum atomic E-state index is 13.9. The van der Waals surface area contributed by atoms with Crippen LogP contribution in [0.5, 0.6) is 5.75 Å². The van der Waals surface area contributed by atoms with E-state index in [0.29, 0.717) is 45.1 Å². The lowest BCUT2D eigenvalue weighted by Crippen LogP contribution is -2.12. The van der Waals surface area contributed by atoms with Crippen molar-refractivity contribution in [2.75, 3.05) is 0 Å². The van der Waals surface area contributed by atoms with Crippen LogP contribution in [-0.2, 0) is 17.0 Å². The molecule has 8 nitrogen and oxygen atoms in total. The molecular weight excluding hydrogens is 507 g/mol. The van der Waals surface area contributed by atoms with Crippen LogP contribution >= 0.6 is 0 Å². The van der Waals surface area contributed by atoms with E-state index in [-0.39, 0.29) is 17.1 Å². The third-order valence-corrected chi connectivity index (χ3v) is 7.08. The van der Waals surface area contributed by atoms with Crippen LogP contribution < -0.4 is 9.61 Å². The van der Waals surface area contributed by atoms with Crippen LogP contribution in [-0.4, -0.2) is 23.0 Å². The molecule has 0 aliphatic rings. The average molecular weight is 533 g/mol. The fourth-order valence-corrected chi connectivity index (χ4v) is 5.27. The summed E-state index contributed by atoms with van der Waals surface area (Å²) in [5.41, 5.74) is 4.57. The molecule has 38 heavy (non-hydrogen) atoms. The molecule has 0 aliphatic carbocycles. The van der Waals surface area contributed by atoms with Crippen molar-refractivity contribution in [3.05, 3.63) is 70.1 Å². The Kier molecular flexibility index (Phi) is 6.41. The Balaban J connectivity index is 1.87. The highest BCUT2D eigenvalue weighted by Crippen LogP contribution is 2.36. The number of pyridine rings is 2. The van der Waals surface area contributed by atoms with Gasteiger partial charge in [0, 0.05) is 34.6 Å². The van der Waals surface area contributed by atoms with Gasteiger partial charge in [0.05, 0.1) is 28.7 Å². The Labute approximate surface area is 218 Å². The van der Waals surface area contributed by atoms with E-state index in [4.69, 9.17) is 0 Å². The van der Waals surface area contributed by atoms with E-state index >= 15 is 0 Å². The normalized spacial score (nSPS) is 12.0. The minimum Gasteiger partial charge on any atom is -0.357 e. The molecule has 0 saturated carbocycles. The van der Waals surface area contributed by atoms with Crippen molar-refractivity contribution < 1.29 is 16.5 Å². The molecule has 2 aromatic carbocycles. The summed E-state index contributed by atoms with van der Waals surface area (Å²) < 4.78 is 41.8. The lowest BCUT2D eigenvalue weighted by molar-refractivity contribution is 0.439. The molecule has 0 saturated heterocycles. The molecule has 3 aromatic heterocycles. The fourth-order valence-electron chi connectivity index (χ4n) is 4.95. The highest BCUT2D eigenvalue weighted by Gasteiger charge is 2.20. The molecule has 0 fully saturated rings. The summed E-state index contributed by atoms with van der Waals surface area (Å²) in [4.78, 5) is 21.4. The van der Waals surface area contributed by atoms with Crippen LogP contribution in [0.4, 0.5) is 3.89 Å². The van der Waals surface area contributed by atoms with Gasteiger partial charge in [0.25, 0.3) is 0 Å². The predicted octanol–water partition coefficient (Wildman–Crippen LogP) is 6.09. The molecule has 0 aliphatic heterocycles. The number of hydrogen-bond donors (Lipinski definition) is 1. The smallest absolute Gasteiger partial charge is 0.357 e. The minimum atomic E-state index is -5.21. The Hall–Kier alpha value is -4.23. The van der Waals surface area contributed by atoms with Crippen molar-refractivity contribution in [1.82, 2.24) is 14.5 Å². The number of aryl methyl sites for hydroxylation is 1. The standard InChI is InChI=1S/C28H25FN4O4S/c1-4-5-8-33-25-12-22(18-10-19(15-31-14-18)37-38(29,35)36)21(16(2)3)11-23(25)27(34)26-20-7-6-17(13-30)9-24(20)32-28(26)33/h6-7,9-12,14-16,32H,4-5,8H2,1-3H3. The molecule has 0 amide bonds. The average Bonchev–Trinajstić information content (AvgIpc) is 3.25. The number of nitrogens with zero attached hydrogens (tertiary/aromatic N) is 3. The number of hydrogen-bond acceptors (Lipinski definition) is 6. The highest BCUT2D eigenvalue weighted by atomic mass is 32.3. The summed E-state index contributed by atoms with van der Waals surface area (Å²) >= 11 is 0. The monoisotopic (exact) mass is 532 g/mol. The number of halogens is 1. The second kappa shape index (κ2) is 9.58. The first kappa shape index (κ1) is 25.4. The third kappa shape index (κ3) is 4.50. The molecule has 3 heterocycles. The zero-order chi connectivity index (χ0) is 27.2. The van der Waals surface area contributed by atoms with Gasteiger partial charge in [0.15, 0.2) is 11.2 Å². The van der Waals surface area contributed by atoms with Crippen molar-refractivity contribution in [2.24, 2.45) is 0 Å². The van der Waals surface area contributed by atoms with Gasteiger partial charge in [-0.2, -0.15) is 13.7 Å². The number of rotatable bonds is 7. The quantitative estimate of drug-likeness (QED) is 0.254. The molecule has 0 atom stereocenters. The second-order valence-electron chi connectivity index (χ2n) is 9.55. The topological polar surface area (TPSA) is 118 Å². The SMILES string of the molecule is CCCCn1c2cc(-c3cncc(OS(=O)(=O)F)c3)c(C(C)C)cc2c(=O)c2c3ccc(C#N)cc3[nH]c21. The van der Waals surface area contributed by atoms with E-state index < -0.39 is 10.5 Å². The van der Waals surface area contributed by atoms with Gasteiger partial charge >= 0.3 is 10.5 Å². The van der Waals surface area contributed by atoms with Crippen molar-refractivity contribution in [3.63, 3.8) is 0 Å². The first-order valence-electron chi connectivity index (χ1n) is 12.3. The molecule has 194 valence electrons. The molecule has 10 heteroatoms. The Morgan fingerprint density at radius 1 is 1.16 bits per heavy atom. The number of aromatic amines is 1.